The van der Waals surface area contributed by atoms with Gasteiger partial charge in [0.05, 0.1) is 6.54 Å². The maximum atomic E-state index is 12.3. The maximum absolute atomic E-state index is 12.3. The molecule has 0 spiro atoms. The molecule has 0 aliphatic heterocycles. The van der Waals surface area contributed by atoms with E-state index in [9.17, 15) is 24.3 Å². The molecule has 10 nitrogen and oxygen atoms in total. The van der Waals surface area contributed by atoms with Crippen molar-refractivity contribution in [3.63, 3.8) is 0 Å². The van der Waals surface area contributed by atoms with Gasteiger partial charge in [-0.05, 0) is 38.6 Å². The van der Waals surface area contributed by atoms with Crippen LogP contribution in [0.15, 0.2) is 0 Å². The van der Waals surface area contributed by atoms with E-state index in [1.165, 1.54) is 6.92 Å². The van der Waals surface area contributed by atoms with Crippen molar-refractivity contribution in [2.45, 2.75) is 58.2 Å². The van der Waals surface area contributed by atoms with E-state index in [1.54, 1.807) is 13.8 Å². The van der Waals surface area contributed by atoms with E-state index in [4.69, 9.17) is 11.5 Å². The van der Waals surface area contributed by atoms with E-state index in [1.807, 2.05) is 0 Å². The number of nitrogens with one attached hydrogen (secondary N) is 3. The molecule has 0 saturated heterocycles. The molecule has 0 heterocycles. The predicted molar refractivity (Wildman–Crippen MR) is 95.9 cm³/mol. The summed E-state index contributed by atoms with van der Waals surface area (Å²) in [4.78, 5) is 47.1. The summed E-state index contributed by atoms with van der Waals surface area (Å²) in [6.07, 6.45) is 1.47. The molecule has 3 atom stereocenters. The minimum atomic E-state index is -1.15. The first-order valence-electron chi connectivity index (χ1n) is 8.67. The van der Waals surface area contributed by atoms with E-state index >= 15 is 0 Å². The number of hydrogen-bond donors (Lipinski definition) is 6. The molecular weight excluding hydrogens is 342 g/mol. The van der Waals surface area contributed by atoms with Gasteiger partial charge in [0.2, 0.25) is 17.7 Å². The minimum Gasteiger partial charge on any atom is -0.480 e. The molecule has 3 amide bonds. The van der Waals surface area contributed by atoms with Crippen molar-refractivity contribution in [1.29, 1.82) is 0 Å². The SMILES string of the molecule is CC(C)[C@H](NC(=O)CN)C(=O)N[C@@H](C)C(=O)N[C@@H](CCCCN)C(=O)O. The van der Waals surface area contributed by atoms with Crippen LogP contribution in [0.5, 0.6) is 0 Å². The fourth-order valence-electron chi connectivity index (χ4n) is 2.18. The zero-order valence-electron chi connectivity index (χ0n) is 15.6. The van der Waals surface area contributed by atoms with Crippen LogP contribution in [0, 0.1) is 5.92 Å². The summed E-state index contributed by atoms with van der Waals surface area (Å²) in [5.41, 5.74) is 10.6. The first-order valence-corrected chi connectivity index (χ1v) is 8.67. The highest BCUT2D eigenvalue weighted by atomic mass is 16.4. The van der Waals surface area contributed by atoms with E-state index < -0.39 is 41.8 Å². The van der Waals surface area contributed by atoms with Gasteiger partial charge in [0, 0.05) is 0 Å². The van der Waals surface area contributed by atoms with Crippen LogP contribution in [0.4, 0.5) is 0 Å². The topological polar surface area (TPSA) is 177 Å². The zero-order chi connectivity index (χ0) is 20.3. The molecule has 0 aromatic heterocycles. The third-order valence-electron chi connectivity index (χ3n) is 3.76. The standard InChI is InChI=1S/C16H31N5O5/c1-9(2)13(21-12(22)8-18)15(24)19-10(3)14(23)20-11(16(25)26)6-4-5-7-17/h9-11,13H,4-8,17-18H2,1-3H3,(H,19,24)(H,20,23)(H,21,22)(H,25,26)/t10-,11-,13-/m0/s1. The Morgan fingerprint density at radius 2 is 1.54 bits per heavy atom. The van der Waals surface area contributed by atoms with Gasteiger partial charge in [0.25, 0.3) is 0 Å². The monoisotopic (exact) mass is 373 g/mol. The summed E-state index contributed by atoms with van der Waals surface area (Å²) in [6.45, 7) is 5.11. The number of carbonyl (C=O) groups is 4. The molecule has 0 aliphatic carbocycles. The first kappa shape index (κ1) is 23.8. The van der Waals surface area contributed by atoms with Crippen LogP contribution in [0.2, 0.25) is 0 Å². The molecule has 150 valence electrons. The van der Waals surface area contributed by atoms with Crippen molar-refractivity contribution < 1.29 is 24.3 Å². The molecule has 0 saturated carbocycles. The van der Waals surface area contributed by atoms with Crippen LogP contribution in [0.1, 0.15) is 40.0 Å². The van der Waals surface area contributed by atoms with Gasteiger partial charge in [0.15, 0.2) is 0 Å². The number of carboxylic acids is 1. The summed E-state index contributed by atoms with van der Waals surface area (Å²) < 4.78 is 0. The smallest absolute Gasteiger partial charge is 0.326 e. The molecular formula is C16H31N5O5. The number of unbranched alkanes of at least 4 members (excludes halogenated alkanes) is 1. The van der Waals surface area contributed by atoms with E-state index in [0.29, 0.717) is 19.4 Å². The Morgan fingerprint density at radius 1 is 0.923 bits per heavy atom. The lowest BCUT2D eigenvalue weighted by molar-refractivity contribution is -0.142. The second-order valence-electron chi connectivity index (χ2n) is 6.41. The molecule has 0 rings (SSSR count). The molecule has 26 heavy (non-hydrogen) atoms. The number of rotatable bonds is 12. The van der Waals surface area contributed by atoms with Crippen LogP contribution in [0.3, 0.4) is 0 Å². The average Bonchev–Trinajstić information content (AvgIpc) is 2.57. The number of aliphatic carboxylic acids is 1. The van der Waals surface area contributed by atoms with Gasteiger partial charge < -0.3 is 32.5 Å². The Labute approximate surface area is 153 Å². The van der Waals surface area contributed by atoms with Gasteiger partial charge in [0.1, 0.15) is 18.1 Å². The summed E-state index contributed by atoms with van der Waals surface area (Å²) in [6, 6.07) is -2.86. The second-order valence-corrected chi connectivity index (χ2v) is 6.41. The quantitative estimate of drug-likeness (QED) is 0.221. The molecule has 0 bridgehead atoms. The third kappa shape index (κ3) is 8.77. The fourth-order valence-corrected chi connectivity index (χ4v) is 2.18. The maximum Gasteiger partial charge on any atom is 0.326 e. The minimum absolute atomic E-state index is 0.219. The highest BCUT2D eigenvalue weighted by Gasteiger charge is 2.28. The Balaban J connectivity index is 4.76. The van der Waals surface area contributed by atoms with Crippen molar-refractivity contribution in [3.8, 4) is 0 Å². The number of nitrogens with two attached hydrogens (primary N) is 2. The van der Waals surface area contributed by atoms with Crippen molar-refractivity contribution in [2.24, 2.45) is 17.4 Å². The summed E-state index contributed by atoms with van der Waals surface area (Å²) in [7, 11) is 0. The summed E-state index contributed by atoms with van der Waals surface area (Å²) in [5, 5.41) is 16.6. The highest BCUT2D eigenvalue weighted by Crippen LogP contribution is 2.04. The van der Waals surface area contributed by atoms with Gasteiger partial charge in [-0.3, -0.25) is 14.4 Å². The van der Waals surface area contributed by atoms with Crippen molar-refractivity contribution in [3.05, 3.63) is 0 Å². The summed E-state index contributed by atoms with van der Waals surface area (Å²) >= 11 is 0. The van der Waals surface area contributed by atoms with Crippen LogP contribution < -0.4 is 27.4 Å². The summed E-state index contributed by atoms with van der Waals surface area (Å²) in [5.74, 6) is -3.01. The van der Waals surface area contributed by atoms with Crippen molar-refractivity contribution in [2.75, 3.05) is 13.1 Å². The Morgan fingerprint density at radius 3 is 2.00 bits per heavy atom. The second kappa shape index (κ2) is 12.2. The van der Waals surface area contributed by atoms with E-state index in [-0.39, 0.29) is 18.9 Å². The number of carboxylic acid groups (broad SMARTS) is 1. The normalized spacial score (nSPS) is 14.2. The van der Waals surface area contributed by atoms with Gasteiger partial charge in [-0.25, -0.2) is 4.79 Å². The largest absolute Gasteiger partial charge is 0.480 e. The van der Waals surface area contributed by atoms with Crippen LogP contribution in [-0.2, 0) is 19.2 Å². The molecule has 0 aliphatic rings. The third-order valence-corrected chi connectivity index (χ3v) is 3.76. The van der Waals surface area contributed by atoms with Crippen LogP contribution >= 0.6 is 0 Å². The highest BCUT2D eigenvalue weighted by molar-refractivity contribution is 5.93. The van der Waals surface area contributed by atoms with Crippen LogP contribution in [-0.4, -0.2) is 60.0 Å². The molecule has 0 fully saturated rings. The van der Waals surface area contributed by atoms with Gasteiger partial charge in [-0.15, -0.1) is 0 Å². The van der Waals surface area contributed by atoms with Gasteiger partial charge >= 0.3 is 5.97 Å². The van der Waals surface area contributed by atoms with Gasteiger partial charge in [-0.1, -0.05) is 13.8 Å². The van der Waals surface area contributed by atoms with Crippen molar-refractivity contribution >= 4 is 23.7 Å². The number of amides is 3. The fraction of sp³-hybridized carbons (Fsp3) is 0.750. The molecule has 0 aromatic carbocycles. The van der Waals surface area contributed by atoms with Crippen molar-refractivity contribution in [1.82, 2.24) is 16.0 Å². The predicted octanol–water partition coefficient (Wildman–Crippen LogP) is -1.71. The molecule has 8 N–H and O–H groups in total. The lowest BCUT2D eigenvalue weighted by atomic mass is 10.0. The Kier molecular flexibility index (Phi) is 11.2. The van der Waals surface area contributed by atoms with E-state index in [2.05, 4.69) is 16.0 Å². The zero-order valence-corrected chi connectivity index (χ0v) is 15.6. The van der Waals surface area contributed by atoms with Gasteiger partial charge in [-0.2, -0.15) is 0 Å². The number of carbonyl (C=O) groups excluding carboxylic acids is 3. The molecule has 10 heteroatoms. The Bertz CT molecular complexity index is 497. The molecule has 0 aromatic rings. The molecule has 0 radical (unpaired) electrons. The first-order chi connectivity index (χ1) is 12.1. The Hall–Kier alpha value is -2.20. The number of hydrogen-bond acceptors (Lipinski definition) is 6. The lowest BCUT2D eigenvalue weighted by Crippen LogP contribution is -2.56. The average molecular weight is 373 g/mol. The lowest BCUT2D eigenvalue weighted by Gasteiger charge is -2.24. The van der Waals surface area contributed by atoms with E-state index in [0.717, 1.165) is 0 Å². The molecule has 0 unspecified atom stereocenters. The van der Waals surface area contributed by atoms with Crippen LogP contribution in [0.25, 0.3) is 0 Å².